The maximum absolute atomic E-state index is 12.9. The number of ether oxygens (including phenoxy) is 1. The van der Waals surface area contributed by atoms with Gasteiger partial charge < -0.3 is 20.3 Å². The second kappa shape index (κ2) is 11.7. The SMILES string of the molecule is CCOC(=O)CCN(CCCNC(C)=O)C(=O)c1cccc(NC(C)=O)c1. The Morgan fingerprint density at radius 2 is 1.81 bits per heavy atom. The van der Waals surface area contributed by atoms with E-state index in [4.69, 9.17) is 4.74 Å². The number of anilines is 1. The number of nitrogens with zero attached hydrogens (tertiary/aromatic N) is 1. The molecular formula is C19H27N3O5. The molecule has 1 aromatic carbocycles. The molecule has 0 saturated carbocycles. The van der Waals surface area contributed by atoms with Crippen LogP contribution in [0.25, 0.3) is 0 Å². The first-order chi connectivity index (χ1) is 12.8. The van der Waals surface area contributed by atoms with Crippen molar-refractivity contribution in [2.24, 2.45) is 0 Å². The van der Waals surface area contributed by atoms with Gasteiger partial charge in [-0.05, 0) is 31.5 Å². The van der Waals surface area contributed by atoms with E-state index in [0.717, 1.165) is 0 Å². The van der Waals surface area contributed by atoms with Crippen molar-refractivity contribution in [2.75, 3.05) is 31.6 Å². The van der Waals surface area contributed by atoms with Gasteiger partial charge in [-0.2, -0.15) is 0 Å². The molecule has 0 radical (unpaired) electrons. The topological polar surface area (TPSA) is 105 Å². The van der Waals surface area contributed by atoms with Gasteiger partial charge in [-0.25, -0.2) is 0 Å². The van der Waals surface area contributed by atoms with Gasteiger partial charge >= 0.3 is 5.97 Å². The van der Waals surface area contributed by atoms with Crippen molar-refractivity contribution < 1.29 is 23.9 Å². The van der Waals surface area contributed by atoms with E-state index in [-0.39, 0.29) is 43.3 Å². The van der Waals surface area contributed by atoms with Crippen molar-refractivity contribution in [1.29, 1.82) is 0 Å². The highest BCUT2D eigenvalue weighted by Crippen LogP contribution is 2.13. The van der Waals surface area contributed by atoms with Gasteiger partial charge in [0.15, 0.2) is 0 Å². The first-order valence-corrected chi connectivity index (χ1v) is 8.90. The van der Waals surface area contributed by atoms with E-state index in [2.05, 4.69) is 10.6 Å². The normalized spacial score (nSPS) is 10.0. The van der Waals surface area contributed by atoms with Crippen molar-refractivity contribution in [2.45, 2.75) is 33.6 Å². The standard InChI is InChI=1S/C19H27N3O5/c1-4-27-18(25)9-12-22(11-6-10-20-14(2)23)19(26)16-7-5-8-17(13-16)21-15(3)24/h5,7-8,13H,4,6,9-12H2,1-3H3,(H,20,23)(H,21,24). The summed E-state index contributed by atoms with van der Waals surface area (Å²) in [6.07, 6.45) is 0.643. The molecule has 1 aromatic rings. The Morgan fingerprint density at radius 1 is 1.07 bits per heavy atom. The van der Waals surface area contributed by atoms with E-state index < -0.39 is 0 Å². The monoisotopic (exact) mass is 377 g/mol. The highest BCUT2D eigenvalue weighted by atomic mass is 16.5. The van der Waals surface area contributed by atoms with Crippen LogP contribution in [0.3, 0.4) is 0 Å². The second-order valence-electron chi connectivity index (χ2n) is 5.95. The molecule has 0 aliphatic heterocycles. The minimum Gasteiger partial charge on any atom is -0.466 e. The van der Waals surface area contributed by atoms with E-state index in [1.807, 2.05) is 0 Å². The highest BCUT2D eigenvalue weighted by molar-refractivity contribution is 5.97. The fraction of sp³-hybridized carbons (Fsp3) is 0.474. The largest absolute Gasteiger partial charge is 0.466 e. The molecule has 0 saturated heterocycles. The number of amides is 3. The molecule has 1 rings (SSSR count). The van der Waals surface area contributed by atoms with Crippen LogP contribution in [0.5, 0.6) is 0 Å². The van der Waals surface area contributed by atoms with Crippen LogP contribution in [0, 0.1) is 0 Å². The molecule has 0 unspecified atom stereocenters. The van der Waals surface area contributed by atoms with Crippen molar-refractivity contribution in [3.05, 3.63) is 29.8 Å². The number of rotatable bonds is 10. The Morgan fingerprint density at radius 3 is 2.44 bits per heavy atom. The summed E-state index contributed by atoms with van der Waals surface area (Å²) in [5.41, 5.74) is 0.932. The third-order valence-corrected chi connectivity index (χ3v) is 3.59. The molecule has 0 aliphatic rings. The first-order valence-electron chi connectivity index (χ1n) is 8.90. The molecule has 0 spiro atoms. The quantitative estimate of drug-likeness (QED) is 0.476. The van der Waals surface area contributed by atoms with Gasteiger partial charge in [0.2, 0.25) is 11.8 Å². The smallest absolute Gasteiger partial charge is 0.307 e. The Bertz CT molecular complexity index is 675. The predicted octanol–water partition coefficient (Wildman–Crippen LogP) is 1.57. The second-order valence-corrected chi connectivity index (χ2v) is 5.95. The van der Waals surface area contributed by atoms with Crippen molar-refractivity contribution in [1.82, 2.24) is 10.2 Å². The van der Waals surface area contributed by atoms with E-state index in [9.17, 15) is 19.2 Å². The number of carbonyl (C=O) groups excluding carboxylic acids is 4. The zero-order valence-electron chi connectivity index (χ0n) is 16.0. The molecule has 0 atom stereocenters. The molecule has 0 heterocycles. The molecule has 0 fully saturated rings. The summed E-state index contributed by atoms with van der Waals surface area (Å²) in [5, 5.41) is 5.32. The summed E-state index contributed by atoms with van der Waals surface area (Å²) in [4.78, 5) is 48.2. The lowest BCUT2D eigenvalue weighted by Crippen LogP contribution is -2.36. The number of carbonyl (C=O) groups is 4. The lowest BCUT2D eigenvalue weighted by Gasteiger charge is -2.23. The van der Waals surface area contributed by atoms with Crippen LogP contribution in [-0.4, -0.2) is 54.8 Å². The van der Waals surface area contributed by atoms with Gasteiger partial charge in [-0.3, -0.25) is 19.2 Å². The van der Waals surface area contributed by atoms with E-state index in [1.165, 1.54) is 13.8 Å². The third-order valence-electron chi connectivity index (χ3n) is 3.59. The molecular weight excluding hydrogens is 350 g/mol. The molecule has 0 aromatic heterocycles. The summed E-state index contributed by atoms with van der Waals surface area (Å²) in [7, 11) is 0. The van der Waals surface area contributed by atoms with Crippen LogP contribution in [0.1, 0.15) is 44.0 Å². The maximum atomic E-state index is 12.9. The van der Waals surface area contributed by atoms with Crippen LogP contribution < -0.4 is 10.6 Å². The number of nitrogens with one attached hydrogen (secondary N) is 2. The molecule has 27 heavy (non-hydrogen) atoms. The third kappa shape index (κ3) is 8.84. The van der Waals surface area contributed by atoms with Gasteiger partial charge in [0.1, 0.15) is 0 Å². The molecule has 2 N–H and O–H groups in total. The van der Waals surface area contributed by atoms with Gasteiger partial charge in [-0.1, -0.05) is 6.07 Å². The zero-order valence-corrected chi connectivity index (χ0v) is 16.0. The Balaban J connectivity index is 2.81. The van der Waals surface area contributed by atoms with E-state index >= 15 is 0 Å². The molecule has 0 bridgehead atoms. The summed E-state index contributed by atoms with van der Waals surface area (Å²) in [6.45, 7) is 5.85. The van der Waals surface area contributed by atoms with Crippen molar-refractivity contribution in [3.63, 3.8) is 0 Å². The number of benzene rings is 1. The average Bonchev–Trinajstić information content (AvgIpc) is 2.60. The van der Waals surface area contributed by atoms with Crippen molar-refractivity contribution in [3.8, 4) is 0 Å². The van der Waals surface area contributed by atoms with E-state index in [0.29, 0.717) is 30.8 Å². The molecule has 0 aliphatic carbocycles. The number of hydrogen-bond acceptors (Lipinski definition) is 5. The van der Waals surface area contributed by atoms with Crippen LogP contribution in [-0.2, 0) is 19.1 Å². The zero-order chi connectivity index (χ0) is 20.2. The molecule has 3 amide bonds. The summed E-state index contributed by atoms with van der Waals surface area (Å²) in [5.74, 6) is -0.991. The van der Waals surface area contributed by atoms with Gasteiger partial charge in [-0.15, -0.1) is 0 Å². The van der Waals surface area contributed by atoms with Crippen molar-refractivity contribution >= 4 is 29.4 Å². The summed E-state index contributed by atoms with van der Waals surface area (Å²) in [6, 6.07) is 6.62. The van der Waals surface area contributed by atoms with Gasteiger partial charge in [0.25, 0.3) is 5.91 Å². The minimum absolute atomic E-state index is 0.0884. The Hall–Kier alpha value is -2.90. The van der Waals surface area contributed by atoms with Crippen LogP contribution in [0.2, 0.25) is 0 Å². The highest BCUT2D eigenvalue weighted by Gasteiger charge is 2.17. The lowest BCUT2D eigenvalue weighted by atomic mass is 10.1. The molecule has 8 nitrogen and oxygen atoms in total. The van der Waals surface area contributed by atoms with E-state index in [1.54, 1.807) is 36.1 Å². The van der Waals surface area contributed by atoms with Crippen LogP contribution >= 0.6 is 0 Å². The Kier molecular flexibility index (Phi) is 9.57. The Labute approximate surface area is 159 Å². The maximum Gasteiger partial charge on any atom is 0.307 e. The fourth-order valence-electron chi connectivity index (χ4n) is 2.42. The number of esters is 1. The van der Waals surface area contributed by atoms with Gasteiger partial charge in [0, 0.05) is 44.7 Å². The van der Waals surface area contributed by atoms with Crippen LogP contribution in [0.15, 0.2) is 24.3 Å². The average molecular weight is 377 g/mol. The fourth-order valence-corrected chi connectivity index (χ4v) is 2.42. The lowest BCUT2D eigenvalue weighted by molar-refractivity contribution is -0.143. The minimum atomic E-state index is -0.371. The first kappa shape index (κ1) is 22.1. The summed E-state index contributed by atoms with van der Waals surface area (Å²) >= 11 is 0. The summed E-state index contributed by atoms with van der Waals surface area (Å²) < 4.78 is 4.92. The molecule has 148 valence electrons. The predicted molar refractivity (Wildman–Crippen MR) is 101 cm³/mol. The van der Waals surface area contributed by atoms with Gasteiger partial charge in [0.05, 0.1) is 13.0 Å². The number of hydrogen-bond donors (Lipinski definition) is 2. The molecule has 8 heteroatoms. The van der Waals surface area contributed by atoms with Crippen LogP contribution in [0.4, 0.5) is 5.69 Å².